The van der Waals surface area contributed by atoms with Gasteiger partial charge in [0.2, 0.25) is 0 Å². The van der Waals surface area contributed by atoms with Crippen molar-refractivity contribution in [2.75, 3.05) is 13.2 Å². The molecule has 1 aromatic carbocycles. The molecule has 0 bridgehead atoms. The number of alkyl halides is 1. The highest BCUT2D eigenvalue weighted by molar-refractivity contribution is 7.52. The van der Waals surface area contributed by atoms with E-state index >= 15 is 4.39 Å². The van der Waals surface area contributed by atoms with E-state index in [2.05, 4.69) is 21.8 Å². The van der Waals surface area contributed by atoms with Crippen LogP contribution in [-0.4, -0.2) is 71.5 Å². The van der Waals surface area contributed by atoms with Crippen molar-refractivity contribution in [2.45, 2.75) is 57.7 Å². The van der Waals surface area contributed by atoms with Crippen LogP contribution in [0.1, 0.15) is 27.7 Å². The highest BCUT2D eigenvalue weighted by Crippen LogP contribution is 2.47. The van der Waals surface area contributed by atoms with Crippen LogP contribution in [-0.2, 0) is 23.4 Å². The Morgan fingerprint density at radius 1 is 1.45 bits per heavy atom. The van der Waals surface area contributed by atoms with E-state index in [4.69, 9.17) is 24.3 Å². The Morgan fingerprint density at radius 2 is 2.13 bits per heavy atom. The van der Waals surface area contributed by atoms with E-state index < -0.39 is 50.3 Å². The third-order valence-corrected chi connectivity index (χ3v) is 7.47. The fourth-order valence-electron chi connectivity index (χ4n) is 3.86. The summed E-state index contributed by atoms with van der Waals surface area (Å²) in [5, 5.41) is 18.6. The van der Waals surface area contributed by atoms with Gasteiger partial charge in [0, 0.05) is 0 Å². The minimum Gasteiger partial charge on any atom is -0.465 e. The first-order valence-electron chi connectivity index (χ1n) is 11.9. The summed E-state index contributed by atoms with van der Waals surface area (Å²) in [6.45, 7) is 9.36. The van der Waals surface area contributed by atoms with Gasteiger partial charge in [0.05, 0.1) is 18.9 Å². The third kappa shape index (κ3) is 6.48. The van der Waals surface area contributed by atoms with Crippen LogP contribution in [0.25, 0.3) is 0 Å². The molecule has 0 spiro atoms. The standard InChI is InChI=1S/C24H33FN5O7P/c1-6-18-22(26)27-14-28-30(18)16(4)21-24(5,25)20(31)19(36-21)13-35-38(33,29-15(3)23(32)34-7-2)37-17-11-9-8-10-12-17/h6,8-12,14-15,19-21,31H,4,7,13H2,1-3,5H3,(H,29,33)(H2,26,27,28)/b18-6-/t15-,19+,20+,21-,24+,38?/m0/s1. The first-order chi connectivity index (χ1) is 17.9. The Hall–Kier alpha value is -3.09. The van der Waals surface area contributed by atoms with Crippen molar-refractivity contribution >= 4 is 25.9 Å². The number of aliphatic hydroxyl groups excluding tert-OH is 1. The zero-order chi connectivity index (χ0) is 28.1. The molecular weight excluding hydrogens is 520 g/mol. The van der Waals surface area contributed by atoms with Crippen molar-refractivity contribution in [3.8, 4) is 5.75 Å². The lowest BCUT2D eigenvalue weighted by Gasteiger charge is -2.32. The fraction of sp³-hybridized carbons (Fsp3) is 0.458. The number of nitrogens with zero attached hydrogens (tertiary/aromatic N) is 3. The van der Waals surface area contributed by atoms with Crippen molar-refractivity contribution in [2.24, 2.45) is 15.8 Å². The molecule has 14 heteroatoms. The normalized spacial score (nSPS) is 28.5. The summed E-state index contributed by atoms with van der Waals surface area (Å²) in [5.74, 6) is -0.346. The molecule has 1 fully saturated rings. The van der Waals surface area contributed by atoms with Crippen LogP contribution in [0.2, 0.25) is 0 Å². The summed E-state index contributed by atoms with van der Waals surface area (Å²) in [5.41, 5.74) is 3.98. The molecule has 4 N–H and O–H groups in total. The Bertz CT molecular complexity index is 1160. The van der Waals surface area contributed by atoms with Gasteiger partial charge >= 0.3 is 13.7 Å². The lowest BCUT2D eigenvalue weighted by molar-refractivity contribution is -0.144. The van der Waals surface area contributed by atoms with E-state index in [1.54, 1.807) is 50.3 Å². The Morgan fingerprint density at radius 3 is 2.76 bits per heavy atom. The van der Waals surface area contributed by atoms with Gasteiger partial charge in [0.25, 0.3) is 0 Å². The van der Waals surface area contributed by atoms with Crippen molar-refractivity contribution in [3.63, 3.8) is 0 Å². The maximum atomic E-state index is 15.8. The maximum absolute atomic E-state index is 15.8. The summed E-state index contributed by atoms with van der Waals surface area (Å²) in [6.07, 6.45) is -1.55. The molecule has 208 valence electrons. The summed E-state index contributed by atoms with van der Waals surface area (Å²) < 4.78 is 51.3. The van der Waals surface area contributed by atoms with Crippen LogP contribution in [0.4, 0.5) is 4.39 Å². The summed E-state index contributed by atoms with van der Waals surface area (Å²) >= 11 is 0. The Balaban J connectivity index is 1.78. The molecule has 0 aliphatic carbocycles. The number of ether oxygens (including phenoxy) is 2. The van der Waals surface area contributed by atoms with E-state index in [1.165, 1.54) is 18.3 Å². The number of amidine groups is 1. The van der Waals surface area contributed by atoms with Crippen molar-refractivity contribution < 1.29 is 37.4 Å². The number of aliphatic imine (C=N–C) groups is 1. The second-order valence-electron chi connectivity index (χ2n) is 8.67. The first-order valence-corrected chi connectivity index (χ1v) is 13.4. The summed E-state index contributed by atoms with van der Waals surface area (Å²) in [6, 6.07) is 7.06. The average Bonchev–Trinajstić information content (AvgIpc) is 3.11. The largest absolute Gasteiger partial charge is 0.465 e. The molecule has 1 unspecified atom stereocenters. The van der Waals surface area contributed by atoms with Crippen molar-refractivity contribution in [3.05, 3.63) is 54.4 Å². The number of rotatable bonds is 11. The lowest BCUT2D eigenvalue weighted by Crippen LogP contribution is -2.45. The fourth-order valence-corrected chi connectivity index (χ4v) is 5.36. The number of nitrogens with two attached hydrogens (primary N) is 1. The quantitative estimate of drug-likeness (QED) is 0.275. The number of benzene rings is 1. The number of nitrogens with one attached hydrogen (secondary N) is 1. The third-order valence-electron chi connectivity index (χ3n) is 5.83. The van der Waals surface area contributed by atoms with Crippen LogP contribution < -0.4 is 15.3 Å². The van der Waals surface area contributed by atoms with Crippen LogP contribution in [0, 0.1) is 0 Å². The van der Waals surface area contributed by atoms with E-state index in [-0.39, 0.29) is 23.9 Å². The molecule has 0 aromatic heterocycles. The molecule has 2 aliphatic rings. The molecule has 0 radical (unpaired) electrons. The van der Waals surface area contributed by atoms with Gasteiger partial charge in [-0.05, 0) is 39.8 Å². The molecule has 2 aliphatic heterocycles. The molecule has 0 saturated carbocycles. The molecule has 12 nitrogen and oxygen atoms in total. The van der Waals surface area contributed by atoms with Crippen LogP contribution in [0.15, 0.2) is 64.5 Å². The minimum atomic E-state index is -4.25. The molecule has 0 amide bonds. The SMILES string of the molecule is C=C([C@@H]1O[C@H](COP(=O)(N[C@@H](C)C(=O)OCC)Oc2ccccc2)[C@@H](O)[C@@]1(C)F)N1N=CN=C(N)/C1=C/C. The molecule has 1 aromatic rings. The number of esters is 1. The van der Waals surface area contributed by atoms with Gasteiger partial charge in [0.1, 0.15) is 42.1 Å². The van der Waals surface area contributed by atoms with E-state index in [1.807, 2.05) is 0 Å². The van der Waals surface area contributed by atoms with Gasteiger partial charge in [0.15, 0.2) is 11.5 Å². The number of hydrogen-bond donors (Lipinski definition) is 3. The first kappa shape index (κ1) is 29.5. The van der Waals surface area contributed by atoms with Gasteiger partial charge in [-0.3, -0.25) is 9.32 Å². The summed E-state index contributed by atoms with van der Waals surface area (Å²) in [7, 11) is -4.25. The van der Waals surface area contributed by atoms with Crippen LogP contribution >= 0.6 is 7.75 Å². The number of para-hydroxylation sites is 1. The van der Waals surface area contributed by atoms with Crippen LogP contribution in [0.3, 0.4) is 0 Å². The second kappa shape index (κ2) is 12.2. The van der Waals surface area contributed by atoms with Crippen molar-refractivity contribution in [1.29, 1.82) is 0 Å². The monoisotopic (exact) mass is 553 g/mol. The topological polar surface area (TPSA) is 157 Å². The number of hydrogen-bond acceptors (Lipinski definition) is 11. The zero-order valence-corrected chi connectivity index (χ0v) is 22.5. The lowest BCUT2D eigenvalue weighted by atomic mass is 9.93. The van der Waals surface area contributed by atoms with E-state index in [0.29, 0.717) is 5.70 Å². The Kier molecular flexibility index (Phi) is 9.45. The molecule has 3 rings (SSSR count). The summed E-state index contributed by atoms with van der Waals surface area (Å²) in [4.78, 5) is 16.0. The average molecular weight is 554 g/mol. The smallest absolute Gasteiger partial charge is 0.459 e. The predicted octanol–water partition coefficient (Wildman–Crippen LogP) is 2.62. The van der Waals surface area contributed by atoms with Gasteiger partial charge < -0.3 is 24.8 Å². The number of carbonyl (C=O) groups is 1. The second-order valence-corrected chi connectivity index (χ2v) is 10.4. The molecule has 38 heavy (non-hydrogen) atoms. The van der Waals surface area contributed by atoms with E-state index in [9.17, 15) is 14.5 Å². The minimum absolute atomic E-state index is 0.0523. The Labute approximate surface area is 220 Å². The van der Waals surface area contributed by atoms with Gasteiger partial charge in [-0.1, -0.05) is 30.9 Å². The van der Waals surface area contributed by atoms with Gasteiger partial charge in [-0.15, -0.1) is 0 Å². The van der Waals surface area contributed by atoms with Crippen molar-refractivity contribution in [1.82, 2.24) is 10.1 Å². The number of aliphatic hydroxyl groups is 1. The highest BCUT2D eigenvalue weighted by atomic mass is 31.2. The molecular formula is C24H33FN5O7P. The highest BCUT2D eigenvalue weighted by Gasteiger charge is 2.56. The molecule has 2 heterocycles. The maximum Gasteiger partial charge on any atom is 0.459 e. The van der Waals surface area contributed by atoms with Crippen LogP contribution in [0.5, 0.6) is 5.75 Å². The van der Waals surface area contributed by atoms with E-state index in [0.717, 1.165) is 6.92 Å². The number of allylic oxidation sites excluding steroid dienone is 1. The van der Waals surface area contributed by atoms with Gasteiger partial charge in [-0.25, -0.2) is 19.0 Å². The number of carbonyl (C=O) groups excluding carboxylic acids is 1. The van der Waals surface area contributed by atoms with Gasteiger partial charge in [-0.2, -0.15) is 10.2 Å². The molecule has 6 atom stereocenters. The predicted molar refractivity (Wildman–Crippen MR) is 139 cm³/mol. The number of hydrazone groups is 1. The zero-order valence-electron chi connectivity index (χ0n) is 21.6. The molecule has 1 saturated heterocycles. The number of halogens is 1.